The van der Waals surface area contributed by atoms with Gasteiger partial charge in [0.05, 0.1) is 9.67 Å². The van der Waals surface area contributed by atoms with Crippen LogP contribution in [0.3, 0.4) is 0 Å². The van der Waals surface area contributed by atoms with Crippen LogP contribution < -0.4 is 4.74 Å². The molecule has 1 aliphatic rings. The normalized spacial score (nSPS) is 17.5. The van der Waals surface area contributed by atoms with Crippen LogP contribution in [-0.2, 0) is 0 Å². The monoisotopic (exact) mass is 440 g/mol. The molecule has 0 bridgehead atoms. The Balaban J connectivity index is 2.01. The molecule has 1 aromatic carbocycles. The van der Waals surface area contributed by atoms with Gasteiger partial charge in [0.2, 0.25) is 0 Å². The zero-order valence-corrected chi connectivity index (χ0v) is 13.3. The Morgan fingerprint density at radius 2 is 1.88 bits per heavy atom. The molecule has 1 aliphatic carbocycles. The van der Waals surface area contributed by atoms with E-state index in [1.807, 2.05) is 0 Å². The third-order valence-electron chi connectivity index (χ3n) is 2.83. The summed E-state index contributed by atoms with van der Waals surface area (Å²) in [5.74, 6) is 1.03. The van der Waals surface area contributed by atoms with E-state index in [1.54, 1.807) is 0 Å². The molecule has 0 aromatic heterocycles. The molecular weight excluding hydrogens is 426 g/mol. The van der Waals surface area contributed by atoms with E-state index in [9.17, 15) is 0 Å². The van der Waals surface area contributed by atoms with Crippen LogP contribution in [0.5, 0.6) is 5.75 Å². The summed E-state index contributed by atoms with van der Waals surface area (Å²) >= 11 is 4.66. The lowest BCUT2D eigenvalue weighted by atomic mass is 9.94. The quantitative estimate of drug-likeness (QED) is 0.476. The van der Waals surface area contributed by atoms with Gasteiger partial charge in [0.15, 0.2) is 0 Å². The van der Waals surface area contributed by atoms with Gasteiger partial charge < -0.3 is 4.74 Å². The van der Waals surface area contributed by atoms with E-state index in [0.29, 0.717) is 6.10 Å². The molecule has 0 N–H and O–H groups in total. The van der Waals surface area contributed by atoms with Gasteiger partial charge in [0.1, 0.15) is 5.75 Å². The average Bonchev–Trinajstić information content (AvgIpc) is 2.25. The first-order valence-electron chi connectivity index (χ1n) is 5.43. The van der Waals surface area contributed by atoms with Gasteiger partial charge in [-0.05, 0) is 89.1 Å². The SMILES string of the molecule is C=C1CCC(Oc2ccc(I)cc2I)CC1. The molecule has 0 radical (unpaired) electrons. The lowest BCUT2D eigenvalue weighted by Gasteiger charge is -2.25. The van der Waals surface area contributed by atoms with Gasteiger partial charge in [0.25, 0.3) is 0 Å². The zero-order valence-electron chi connectivity index (χ0n) is 9.01. The lowest BCUT2D eigenvalue weighted by Crippen LogP contribution is -2.20. The summed E-state index contributed by atoms with van der Waals surface area (Å²) in [6, 6.07) is 6.32. The molecule has 1 fully saturated rings. The Hall–Kier alpha value is 0.220. The molecule has 0 aliphatic heterocycles. The molecule has 1 nitrogen and oxygen atoms in total. The van der Waals surface area contributed by atoms with Crippen molar-refractivity contribution >= 4 is 45.2 Å². The minimum atomic E-state index is 0.374. The molecule has 0 saturated heterocycles. The van der Waals surface area contributed by atoms with Crippen LogP contribution in [0.25, 0.3) is 0 Å². The van der Waals surface area contributed by atoms with E-state index in [1.165, 1.54) is 12.7 Å². The zero-order chi connectivity index (χ0) is 11.5. The van der Waals surface area contributed by atoms with Crippen molar-refractivity contribution in [1.82, 2.24) is 0 Å². The molecule has 86 valence electrons. The second-order valence-corrected chi connectivity index (χ2v) is 6.55. The maximum Gasteiger partial charge on any atom is 0.133 e. The predicted octanol–water partition coefficient (Wildman–Crippen LogP) is 4.77. The summed E-state index contributed by atoms with van der Waals surface area (Å²) in [5.41, 5.74) is 1.37. The molecule has 16 heavy (non-hydrogen) atoms. The number of allylic oxidation sites excluding steroid dienone is 1. The Morgan fingerprint density at radius 1 is 1.19 bits per heavy atom. The fraction of sp³-hybridized carbons (Fsp3) is 0.385. The van der Waals surface area contributed by atoms with Crippen molar-refractivity contribution in [1.29, 1.82) is 0 Å². The van der Waals surface area contributed by atoms with Crippen LogP contribution in [0.4, 0.5) is 0 Å². The number of rotatable bonds is 2. The van der Waals surface area contributed by atoms with Crippen LogP contribution in [0.15, 0.2) is 30.4 Å². The molecule has 0 spiro atoms. The Kier molecular flexibility index (Phi) is 4.52. The minimum absolute atomic E-state index is 0.374. The van der Waals surface area contributed by atoms with Crippen LogP contribution in [0.2, 0.25) is 0 Å². The molecule has 1 aromatic rings. The standard InChI is InChI=1S/C13H14I2O/c1-9-2-5-11(6-3-9)16-13-7-4-10(14)8-12(13)15/h4,7-8,11H,1-3,5-6H2. The van der Waals surface area contributed by atoms with E-state index in [-0.39, 0.29) is 0 Å². The maximum atomic E-state index is 6.04. The first kappa shape index (κ1) is 12.7. The van der Waals surface area contributed by atoms with Crippen LogP contribution >= 0.6 is 45.2 Å². The fourth-order valence-electron chi connectivity index (χ4n) is 1.87. The Bertz CT molecular complexity index is 391. The molecular formula is C13H14I2O. The Morgan fingerprint density at radius 3 is 2.50 bits per heavy atom. The number of hydrogen-bond acceptors (Lipinski definition) is 1. The van der Waals surface area contributed by atoms with E-state index in [4.69, 9.17) is 4.74 Å². The van der Waals surface area contributed by atoms with Crippen LogP contribution in [0.1, 0.15) is 25.7 Å². The van der Waals surface area contributed by atoms with Crippen molar-refractivity contribution in [3.8, 4) is 5.75 Å². The van der Waals surface area contributed by atoms with Crippen molar-refractivity contribution in [3.05, 3.63) is 37.5 Å². The number of ether oxygens (including phenoxy) is 1. The second-order valence-electron chi connectivity index (χ2n) is 4.14. The lowest BCUT2D eigenvalue weighted by molar-refractivity contribution is 0.168. The molecule has 0 amide bonds. The highest BCUT2D eigenvalue weighted by Crippen LogP contribution is 2.29. The smallest absolute Gasteiger partial charge is 0.133 e. The van der Waals surface area contributed by atoms with Gasteiger partial charge in [-0.1, -0.05) is 12.2 Å². The summed E-state index contributed by atoms with van der Waals surface area (Å²) in [7, 11) is 0. The summed E-state index contributed by atoms with van der Waals surface area (Å²) < 4.78 is 8.50. The molecule has 1 saturated carbocycles. The van der Waals surface area contributed by atoms with Gasteiger partial charge in [-0.2, -0.15) is 0 Å². The van der Waals surface area contributed by atoms with Crippen molar-refractivity contribution in [3.63, 3.8) is 0 Å². The van der Waals surface area contributed by atoms with Gasteiger partial charge in [-0.25, -0.2) is 0 Å². The van der Waals surface area contributed by atoms with Gasteiger partial charge >= 0.3 is 0 Å². The summed E-state index contributed by atoms with van der Waals surface area (Å²) in [6.07, 6.45) is 4.83. The first-order valence-corrected chi connectivity index (χ1v) is 7.59. The van der Waals surface area contributed by atoms with E-state index in [0.717, 1.165) is 31.4 Å². The molecule has 0 unspecified atom stereocenters. The van der Waals surface area contributed by atoms with Crippen LogP contribution in [0, 0.1) is 7.14 Å². The number of hydrogen-bond donors (Lipinski definition) is 0. The number of benzene rings is 1. The van der Waals surface area contributed by atoms with Crippen molar-refractivity contribution < 1.29 is 4.74 Å². The summed E-state index contributed by atoms with van der Waals surface area (Å²) in [5, 5.41) is 0. The van der Waals surface area contributed by atoms with E-state index in [2.05, 4.69) is 70.0 Å². The summed E-state index contributed by atoms with van der Waals surface area (Å²) in [6.45, 7) is 4.03. The van der Waals surface area contributed by atoms with Crippen molar-refractivity contribution in [2.45, 2.75) is 31.8 Å². The Labute approximate surface area is 124 Å². The number of halogens is 2. The van der Waals surface area contributed by atoms with Gasteiger partial charge in [0, 0.05) is 3.57 Å². The molecule has 0 heterocycles. The average molecular weight is 440 g/mol. The molecule has 2 rings (SSSR count). The minimum Gasteiger partial charge on any atom is -0.489 e. The van der Waals surface area contributed by atoms with Gasteiger partial charge in [-0.15, -0.1) is 0 Å². The second kappa shape index (κ2) is 5.71. The predicted molar refractivity (Wildman–Crippen MR) is 83.9 cm³/mol. The first-order chi connectivity index (χ1) is 7.65. The highest BCUT2D eigenvalue weighted by molar-refractivity contribution is 14.1. The van der Waals surface area contributed by atoms with Crippen molar-refractivity contribution in [2.75, 3.05) is 0 Å². The third kappa shape index (κ3) is 3.35. The summed E-state index contributed by atoms with van der Waals surface area (Å²) in [4.78, 5) is 0. The third-order valence-corrected chi connectivity index (χ3v) is 4.34. The van der Waals surface area contributed by atoms with Crippen LogP contribution in [-0.4, -0.2) is 6.10 Å². The van der Waals surface area contributed by atoms with Gasteiger partial charge in [-0.3, -0.25) is 0 Å². The largest absolute Gasteiger partial charge is 0.489 e. The molecule has 3 heteroatoms. The maximum absolute atomic E-state index is 6.04. The van der Waals surface area contributed by atoms with E-state index < -0.39 is 0 Å². The highest BCUT2D eigenvalue weighted by Gasteiger charge is 2.17. The molecule has 0 atom stereocenters. The van der Waals surface area contributed by atoms with E-state index >= 15 is 0 Å². The topological polar surface area (TPSA) is 9.23 Å². The van der Waals surface area contributed by atoms with Crippen molar-refractivity contribution in [2.24, 2.45) is 0 Å². The fourth-order valence-corrected chi connectivity index (χ4v) is 3.60. The highest BCUT2D eigenvalue weighted by atomic mass is 127.